The van der Waals surface area contributed by atoms with Crippen LogP contribution in [0.5, 0.6) is 0 Å². The molecule has 6 nitrogen and oxygen atoms in total. The third kappa shape index (κ3) is 3.87. The maximum atomic E-state index is 12.3. The molecule has 0 fully saturated rings. The van der Waals surface area contributed by atoms with E-state index in [4.69, 9.17) is 4.42 Å². The highest BCUT2D eigenvalue weighted by atomic mass is 32.2. The van der Waals surface area contributed by atoms with Gasteiger partial charge in [0.15, 0.2) is 5.69 Å². The van der Waals surface area contributed by atoms with E-state index in [0.29, 0.717) is 17.6 Å². The maximum Gasteiger partial charge on any atom is 0.273 e. The van der Waals surface area contributed by atoms with Gasteiger partial charge in [-0.3, -0.25) is 9.59 Å². The van der Waals surface area contributed by atoms with E-state index in [1.807, 2.05) is 45.0 Å². The van der Waals surface area contributed by atoms with Gasteiger partial charge in [0.1, 0.15) is 12.8 Å². The number of fused-ring (bicyclic) bond motifs is 1. The van der Waals surface area contributed by atoms with E-state index in [9.17, 15) is 9.59 Å². The first-order valence-electron chi connectivity index (χ1n) is 8.23. The van der Waals surface area contributed by atoms with Crippen molar-refractivity contribution >= 4 is 29.3 Å². The van der Waals surface area contributed by atoms with Crippen molar-refractivity contribution in [3.05, 3.63) is 42.1 Å². The number of anilines is 1. The van der Waals surface area contributed by atoms with Crippen LogP contribution in [-0.2, 0) is 11.3 Å². The van der Waals surface area contributed by atoms with Crippen LogP contribution >= 0.6 is 11.8 Å². The summed E-state index contributed by atoms with van der Waals surface area (Å²) in [7, 11) is 0. The number of nitrogens with one attached hydrogen (secondary N) is 1. The van der Waals surface area contributed by atoms with E-state index in [2.05, 4.69) is 10.3 Å². The van der Waals surface area contributed by atoms with Crippen molar-refractivity contribution in [2.24, 2.45) is 5.92 Å². The molecular weight excluding hydrogens is 338 g/mol. The molecular formula is C18H21N3O3S. The van der Waals surface area contributed by atoms with Gasteiger partial charge in [-0.15, -0.1) is 11.8 Å². The summed E-state index contributed by atoms with van der Waals surface area (Å²) in [5.41, 5.74) is 1.08. The SMILES string of the molecule is CC(C)C(C)NC(=O)c1coc(CN2C(=O)CSc3ccccc32)n1. The molecule has 132 valence electrons. The first kappa shape index (κ1) is 17.5. The average molecular weight is 359 g/mol. The molecule has 2 aromatic rings. The Labute approximate surface area is 151 Å². The van der Waals surface area contributed by atoms with Crippen LogP contribution < -0.4 is 10.2 Å². The van der Waals surface area contributed by atoms with Gasteiger partial charge >= 0.3 is 0 Å². The molecule has 1 N–H and O–H groups in total. The van der Waals surface area contributed by atoms with Gasteiger partial charge in [-0.1, -0.05) is 26.0 Å². The van der Waals surface area contributed by atoms with E-state index in [1.54, 1.807) is 4.90 Å². The van der Waals surface area contributed by atoms with Crippen LogP contribution in [0.2, 0.25) is 0 Å². The lowest BCUT2D eigenvalue weighted by molar-refractivity contribution is -0.116. The molecule has 1 aliphatic rings. The lowest BCUT2D eigenvalue weighted by atomic mass is 10.1. The number of thioether (sulfide) groups is 1. The summed E-state index contributed by atoms with van der Waals surface area (Å²) >= 11 is 1.52. The minimum absolute atomic E-state index is 0.00123. The normalized spacial score (nSPS) is 15.2. The summed E-state index contributed by atoms with van der Waals surface area (Å²) in [6.07, 6.45) is 1.34. The van der Waals surface area contributed by atoms with Crippen molar-refractivity contribution in [1.82, 2.24) is 10.3 Å². The molecule has 7 heteroatoms. The highest BCUT2D eigenvalue weighted by Crippen LogP contribution is 2.35. The number of para-hydroxylation sites is 1. The number of amides is 2. The summed E-state index contributed by atoms with van der Waals surface area (Å²) in [5.74, 6) is 0.794. The predicted octanol–water partition coefficient (Wildman–Crippen LogP) is 3.09. The standard InChI is InChI=1S/C18H21N3O3S/c1-11(2)12(3)19-18(23)13-9-24-16(20-13)8-21-14-6-4-5-7-15(14)25-10-17(21)22/h4-7,9,11-12H,8,10H2,1-3H3,(H,19,23). The summed E-state index contributed by atoms with van der Waals surface area (Å²) in [4.78, 5) is 31.4. The number of oxazole rings is 1. The number of carbonyl (C=O) groups is 2. The summed E-state index contributed by atoms with van der Waals surface area (Å²) in [6.45, 7) is 6.24. The van der Waals surface area contributed by atoms with Gasteiger partial charge in [0.2, 0.25) is 11.8 Å². The number of aromatic nitrogens is 1. The summed E-state index contributed by atoms with van der Waals surface area (Å²) < 4.78 is 5.42. The molecule has 0 spiro atoms. The minimum atomic E-state index is -0.267. The van der Waals surface area contributed by atoms with Crippen LogP contribution in [0, 0.1) is 5.92 Å². The fraction of sp³-hybridized carbons (Fsp3) is 0.389. The van der Waals surface area contributed by atoms with Crippen LogP contribution in [-0.4, -0.2) is 28.6 Å². The Morgan fingerprint density at radius 1 is 1.36 bits per heavy atom. The van der Waals surface area contributed by atoms with Gasteiger partial charge < -0.3 is 14.6 Å². The zero-order chi connectivity index (χ0) is 18.0. The Hall–Kier alpha value is -2.28. The smallest absolute Gasteiger partial charge is 0.273 e. The van der Waals surface area contributed by atoms with Crippen molar-refractivity contribution in [2.45, 2.75) is 38.3 Å². The van der Waals surface area contributed by atoms with Crippen molar-refractivity contribution in [1.29, 1.82) is 0 Å². The second kappa shape index (κ2) is 7.31. The fourth-order valence-electron chi connectivity index (χ4n) is 2.40. The Balaban J connectivity index is 1.73. The van der Waals surface area contributed by atoms with Gasteiger partial charge in [0.05, 0.1) is 11.4 Å². The first-order chi connectivity index (χ1) is 12.0. The summed E-state index contributed by atoms with van der Waals surface area (Å²) in [6, 6.07) is 7.78. The molecule has 0 saturated carbocycles. The van der Waals surface area contributed by atoms with Gasteiger partial charge in [-0.25, -0.2) is 4.98 Å². The predicted molar refractivity (Wildman–Crippen MR) is 96.6 cm³/mol. The zero-order valence-corrected chi connectivity index (χ0v) is 15.3. The molecule has 3 rings (SSSR count). The van der Waals surface area contributed by atoms with Gasteiger partial charge in [-0.2, -0.15) is 0 Å². The van der Waals surface area contributed by atoms with Crippen LogP contribution in [0.3, 0.4) is 0 Å². The quantitative estimate of drug-likeness (QED) is 0.888. The molecule has 0 aliphatic carbocycles. The number of carbonyl (C=O) groups excluding carboxylic acids is 2. The van der Waals surface area contributed by atoms with Crippen LogP contribution in [0.25, 0.3) is 0 Å². The highest BCUT2D eigenvalue weighted by molar-refractivity contribution is 8.00. The Morgan fingerprint density at radius 2 is 2.12 bits per heavy atom. The topological polar surface area (TPSA) is 75.4 Å². The number of hydrogen-bond acceptors (Lipinski definition) is 5. The van der Waals surface area contributed by atoms with Crippen LogP contribution in [0.15, 0.2) is 39.8 Å². The molecule has 0 radical (unpaired) electrons. The first-order valence-corrected chi connectivity index (χ1v) is 9.21. The van der Waals surface area contributed by atoms with E-state index in [0.717, 1.165) is 10.6 Å². The second-order valence-corrected chi connectivity index (χ2v) is 7.39. The lowest BCUT2D eigenvalue weighted by Crippen LogP contribution is -2.36. The van der Waals surface area contributed by atoms with E-state index < -0.39 is 0 Å². The van der Waals surface area contributed by atoms with Crippen molar-refractivity contribution in [3.63, 3.8) is 0 Å². The van der Waals surface area contributed by atoms with Crippen LogP contribution in [0.1, 0.15) is 37.2 Å². The minimum Gasteiger partial charge on any atom is -0.446 e. The molecule has 2 amide bonds. The fourth-order valence-corrected chi connectivity index (χ4v) is 3.33. The Bertz CT molecular complexity index is 787. The third-order valence-electron chi connectivity index (χ3n) is 4.24. The van der Waals surface area contributed by atoms with E-state index in [-0.39, 0.29) is 30.1 Å². The summed E-state index contributed by atoms with van der Waals surface area (Å²) in [5, 5.41) is 2.89. The molecule has 0 bridgehead atoms. The Kier molecular flexibility index (Phi) is 5.13. The molecule has 0 saturated heterocycles. The van der Waals surface area contributed by atoms with Gasteiger partial charge in [-0.05, 0) is 25.0 Å². The molecule has 1 aromatic carbocycles. The molecule has 1 aliphatic heterocycles. The largest absolute Gasteiger partial charge is 0.446 e. The highest BCUT2D eigenvalue weighted by Gasteiger charge is 2.26. The third-order valence-corrected chi connectivity index (χ3v) is 5.29. The number of hydrogen-bond donors (Lipinski definition) is 1. The molecule has 2 heterocycles. The monoisotopic (exact) mass is 359 g/mol. The van der Waals surface area contributed by atoms with Crippen LogP contribution in [0.4, 0.5) is 5.69 Å². The average Bonchev–Trinajstić information content (AvgIpc) is 3.06. The van der Waals surface area contributed by atoms with E-state index in [1.165, 1.54) is 18.0 Å². The van der Waals surface area contributed by atoms with Crippen molar-refractivity contribution in [3.8, 4) is 0 Å². The maximum absolute atomic E-state index is 12.3. The second-order valence-electron chi connectivity index (χ2n) is 6.37. The number of rotatable bonds is 5. The lowest BCUT2D eigenvalue weighted by Gasteiger charge is -2.27. The van der Waals surface area contributed by atoms with Crippen molar-refractivity contribution in [2.75, 3.05) is 10.7 Å². The molecule has 1 unspecified atom stereocenters. The molecule has 1 aromatic heterocycles. The zero-order valence-electron chi connectivity index (χ0n) is 14.5. The van der Waals surface area contributed by atoms with Crippen molar-refractivity contribution < 1.29 is 14.0 Å². The number of nitrogens with zero attached hydrogens (tertiary/aromatic N) is 2. The van der Waals surface area contributed by atoms with Gasteiger partial charge in [0.25, 0.3) is 5.91 Å². The number of benzene rings is 1. The molecule has 1 atom stereocenters. The van der Waals surface area contributed by atoms with Gasteiger partial charge in [0, 0.05) is 10.9 Å². The molecule has 25 heavy (non-hydrogen) atoms. The Morgan fingerprint density at radius 3 is 2.88 bits per heavy atom. The van der Waals surface area contributed by atoms with E-state index >= 15 is 0 Å².